The van der Waals surface area contributed by atoms with Gasteiger partial charge < -0.3 is 5.32 Å². The first-order valence-electron chi connectivity index (χ1n) is 7.73. The highest BCUT2D eigenvalue weighted by atomic mass is 79.9. The lowest BCUT2D eigenvalue weighted by Crippen LogP contribution is -2.18. The zero-order valence-corrected chi connectivity index (χ0v) is 14.3. The monoisotopic (exact) mass is 343 g/mol. The van der Waals surface area contributed by atoms with E-state index < -0.39 is 0 Å². The zero-order valence-electron chi connectivity index (χ0n) is 12.7. The van der Waals surface area contributed by atoms with Crippen molar-refractivity contribution in [2.24, 2.45) is 0 Å². The summed E-state index contributed by atoms with van der Waals surface area (Å²) in [7, 11) is 0. The molecule has 0 aromatic heterocycles. The third kappa shape index (κ3) is 3.16. The molecule has 0 fully saturated rings. The molecule has 1 aliphatic carbocycles. The van der Waals surface area contributed by atoms with Crippen LogP contribution in [0, 0.1) is 13.8 Å². The Morgan fingerprint density at radius 1 is 1.14 bits per heavy atom. The molecule has 0 spiro atoms. The van der Waals surface area contributed by atoms with E-state index in [2.05, 4.69) is 71.5 Å². The molecular weight excluding hydrogens is 322 g/mol. The predicted molar refractivity (Wildman–Crippen MR) is 94.2 cm³/mol. The highest BCUT2D eigenvalue weighted by molar-refractivity contribution is 9.10. The van der Waals surface area contributed by atoms with Crippen LogP contribution < -0.4 is 5.32 Å². The lowest BCUT2D eigenvalue weighted by Gasteiger charge is -2.26. The number of aryl methyl sites for hydroxylation is 3. The molecule has 2 aromatic rings. The van der Waals surface area contributed by atoms with Gasteiger partial charge in [-0.05, 0) is 67.5 Å². The fourth-order valence-corrected chi connectivity index (χ4v) is 3.58. The topological polar surface area (TPSA) is 12.0 Å². The highest BCUT2D eigenvalue weighted by Crippen LogP contribution is 2.32. The lowest BCUT2D eigenvalue weighted by atomic mass is 9.83. The molecule has 0 saturated heterocycles. The van der Waals surface area contributed by atoms with Crippen molar-refractivity contribution >= 4 is 21.6 Å². The van der Waals surface area contributed by atoms with Gasteiger partial charge in [0.1, 0.15) is 0 Å². The minimum Gasteiger partial charge on any atom is -0.384 e. The first-order chi connectivity index (χ1) is 10.1. The van der Waals surface area contributed by atoms with Crippen molar-refractivity contribution in [2.45, 2.75) is 39.0 Å². The summed E-state index contributed by atoms with van der Waals surface area (Å²) >= 11 is 3.63. The molecule has 0 radical (unpaired) electrons. The maximum atomic E-state index is 3.64. The van der Waals surface area contributed by atoms with Crippen LogP contribution >= 0.6 is 15.9 Å². The molecule has 0 heterocycles. The molecule has 0 amide bonds. The van der Waals surface area contributed by atoms with Gasteiger partial charge >= 0.3 is 0 Å². The molecule has 1 aliphatic rings. The van der Waals surface area contributed by atoms with Gasteiger partial charge in [-0.3, -0.25) is 0 Å². The third-order valence-electron chi connectivity index (χ3n) is 4.48. The summed E-state index contributed by atoms with van der Waals surface area (Å²) in [6, 6.07) is 13.4. The van der Waals surface area contributed by atoms with Crippen molar-refractivity contribution in [3.8, 4) is 0 Å². The van der Waals surface area contributed by atoms with Gasteiger partial charge in [0.15, 0.2) is 0 Å². The Bertz CT molecular complexity index is 625. The van der Waals surface area contributed by atoms with Crippen molar-refractivity contribution in [3.63, 3.8) is 0 Å². The molecular formula is C19H22BrN. The van der Waals surface area contributed by atoms with Crippen LogP contribution in [0.1, 0.15) is 41.0 Å². The summed E-state index contributed by atoms with van der Waals surface area (Å²) in [5.74, 6) is 0.638. The number of rotatable bonds is 3. The molecule has 3 rings (SSSR count). The Morgan fingerprint density at radius 3 is 2.62 bits per heavy atom. The fraction of sp³-hybridized carbons (Fsp3) is 0.368. The van der Waals surface area contributed by atoms with Gasteiger partial charge in [0.25, 0.3) is 0 Å². The average Bonchev–Trinajstić information content (AvgIpc) is 2.50. The lowest BCUT2D eigenvalue weighted by molar-refractivity contribution is 0.572. The largest absolute Gasteiger partial charge is 0.384 e. The molecule has 1 unspecified atom stereocenters. The van der Waals surface area contributed by atoms with E-state index in [0.717, 1.165) is 6.54 Å². The second-order valence-corrected chi connectivity index (χ2v) is 6.89. The quantitative estimate of drug-likeness (QED) is 0.764. The van der Waals surface area contributed by atoms with Gasteiger partial charge in [-0.25, -0.2) is 0 Å². The summed E-state index contributed by atoms with van der Waals surface area (Å²) in [6.07, 6.45) is 3.84. The van der Waals surface area contributed by atoms with E-state index in [-0.39, 0.29) is 0 Å². The molecule has 2 heteroatoms. The third-order valence-corrected chi connectivity index (χ3v) is 5.73. The first kappa shape index (κ1) is 14.6. The Morgan fingerprint density at radius 2 is 1.86 bits per heavy atom. The number of halogens is 1. The van der Waals surface area contributed by atoms with Crippen molar-refractivity contribution in [1.29, 1.82) is 0 Å². The highest BCUT2D eigenvalue weighted by Gasteiger charge is 2.19. The van der Waals surface area contributed by atoms with Crippen LogP contribution in [0.3, 0.4) is 0 Å². The molecule has 0 aliphatic heterocycles. The second kappa shape index (κ2) is 6.23. The molecule has 21 heavy (non-hydrogen) atoms. The molecule has 2 aromatic carbocycles. The number of benzene rings is 2. The Hall–Kier alpha value is -1.28. The molecule has 1 atom stereocenters. The van der Waals surface area contributed by atoms with E-state index in [1.165, 1.54) is 40.5 Å². The fourth-order valence-electron chi connectivity index (χ4n) is 3.36. The number of hydrogen-bond acceptors (Lipinski definition) is 1. The Kier molecular flexibility index (Phi) is 4.34. The summed E-state index contributed by atoms with van der Waals surface area (Å²) < 4.78 is 1.22. The number of hydrogen-bond donors (Lipinski definition) is 1. The van der Waals surface area contributed by atoms with Crippen LogP contribution in [0.4, 0.5) is 5.69 Å². The minimum atomic E-state index is 0.638. The SMILES string of the molecule is Cc1cc(NCC2CCCc3ccccc32)cc(C)c1Br. The van der Waals surface area contributed by atoms with E-state index in [0.29, 0.717) is 5.92 Å². The average molecular weight is 344 g/mol. The summed E-state index contributed by atoms with van der Waals surface area (Å²) in [5, 5.41) is 3.64. The standard InChI is InChI=1S/C19H22BrN/c1-13-10-17(11-14(2)19(13)20)21-12-16-8-5-7-15-6-3-4-9-18(15)16/h3-4,6,9-11,16,21H,5,7-8,12H2,1-2H3. The van der Waals surface area contributed by atoms with Gasteiger partial charge in [0.2, 0.25) is 0 Å². The van der Waals surface area contributed by atoms with E-state index in [1.807, 2.05) is 0 Å². The second-order valence-electron chi connectivity index (χ2n) is 6.09. The summed E-state index contributed by atoms with van der Waals surface area (Å²) in [6.45, 7) is 5.33. The normalized spacial score (nSPS) is 17.4. The van der Waals surface area contributed by atoms with Crippen molar-refractivity contribution in [3.05, 3.63) is 63.1 Å². The molecule has 1 nitrogen and oxygen atoms in total. The van der Waals surface area contributed by atoms with E-state index in [9.17, 15) is 0 Å². The van der Waals surface area contributed by atoms with Crippen molar-refractivity contribution in [2.75, 3.05) is 11.9 Å². The maximum absolute atomic E-state index is 3.64. The smallest absolute Gasteiger partial charge is 0.0346 e. The van der Waals surface area contributed by atoms with Crippen LogP contribution in [0.15, 0.2) is 40.9 Å². The van der Waals surface area contributed by atoms with E-state index >= 15 is 0 Å². The predicted octanol–water partition coefficient (Wildman–Crippen LogP) is 5.60. The van der Waals surface area contributed by atoms with Gasteiger partial charge in [-0.2, -0.15) is 0 Å². The van der Waals surface area contributed by atoms with Crippen molar-refractivity contribution < 1.29 is 0 Å². The van der Waals surface area contributed by atoms with Gasteiger partial charge in [-0.15, -0.1) is 0 Å². The van der Waals surface area contributed by atoms with Crippen LogP contribution in [0.2, 0.25) is 0 Å². The molecule has 0 bridgehead atoms. The number of fused-ring (bicyclic) bond motifs is 1. The van der Waals surface area contributed by atoms with Crippen LogP contribution in [-0.4, -0.2) is 6.54 Å². The van der Waals surface area contributed by atoms with Gasteiger partial charge in [-0.1, -0.05) is 40.2 Å². The Labute approximate surface area is 135 Å². The van der Waals surface area contributed by atoms with Crippen LogP contribution in [0.25, 0.3) is 0 Å². The van der Waals surface area contributed by atoms with Gasteiger partial charge in [0, 0.05) is 22.6 Å². The molecule has 0 saturated carbocycles. The minimum absolute atomic E-state index is 0.638. The number of anilines is 1. The van der Waals surface area contributed by atoms with Crippen molar-refractivity contribution in [1.82, 2.24) is 0 Å². The van der Waals surface area contributed by atoms with E-state index in [4.69, 9.17) is 0 Å². The summed E-state index contributed by atoms with van der Waals surface area (Å²) in [5.41, 5.74) is 6.90. The summed E-state index contributed by atoms with van der Waals surface area (Å²) in [4.78, 5) is 0. The van der Waals surface area contributed by atoms with Crippen LogP contribution in [0.5, 0.6) is 0 Å². The maximum Gasteiger partial charge on any atom is 0.0346 e. The number of nitrogens with one attached hydrogen (secondary N) is 1. The first-order valence-corrected chi connectivity index (χ1v) is 8.53. The van der Waals surface area contributed by atoms with E-state index in [1.54, 1.807) is 11.1 Å². The molecule has 110 valence electrons. The Balaban J connectivity index is 1.74. The van der Waals surface area contributed by atoms with Gasteiger partial charge in [0.05, 0.1) is 0 Å². The van der Waals surface area contributed by atoms with Crippen LogP contribution in [-0.2, 0) is 6.42 Å². The molecule has 1 N–H and O–H groups in total. The zero-order chi connectivity index (χ0) is 14.8.